The molecule has 2 rings (SSSR count). The largest absolute Gasteiger partial charge is 0.394 e. The highest BCUT2D eigenvalue weighted by Crippen LogP contribution is 2.15. The molecule has 3 nitrogen and oxygen atoms in total. The fourth-order valence-corrected chi connectivity index (χ4v) is 2.02. The molecular weight excluding hydrogens is 202 g/mol. The number of aliphatic hydroxyl groups is 1. The molecule has 3 heteroatoms. The van der Waals surface area contributed by atoms with Crippen LogP contribution in [0.1, 0.15) is 12.5 Å². The van der Waals surface area contributed by atoms with Crippen molar-refractivity contribution in [2.24, 2.45) is 0 Å². The van der Waals surface area contributed by atoms with Crippen molar-refractivity contribution in [2.45, 2.75) is 25.6 Å². The van der Waals surface area contributed by atoms with Crippen molar-refractivity contribution >= 4 is 0 Å². The number of morpholine rings is 1. The van der Waals surface area contributed by atoms with Crippen LogP contribution in [-0.4, -0.2) is 41.9 Å². The quantitative estimate of drug-likeness (QED) is 0.834. The SMILES string of the molecule is C[C@@H]1CO[C@H](CO)CN1Cc1ccccc1. The fraction of sp³-hybridized carbons (Fsp3) is 0.538. The van der Waals surface area contributed by atoms with Gasteiger partial charge in [0.25, 0.3) is 0 Å². The van der Waals surface area contributed by atoms with Crippen LogP contribution in [0.25, 0.3) is 0 Å². The van der Waals surface area contributed by atoms with E-state index in [2.05, 4.69) is 36.1 Å². The molecule has 88 valence electrons. The van der Waals surface area contributed by atoms with Crippen molar-refractivity contribution < 1.29 is 9.84 Å². The third kappa shape index (κ3) is 2.82. The molecule has 1 N–H and O–H groups in total. The van der Waals surface area contributed by atoms with Gasteiger partial charge in [-0.1, -0.05) is 30.3 Å². The summed E-state index contributed by atoms with van der Waals surface area (Å²) in [5.41, 5.74) is 1.31. The number of hydrogen-bond acceptors (Lipinski definition) is 3. The molecule has 0 aliphatic carbocycles. The standard InChI is InChI=1S/C13H19NO2/c1-11-10-16-13(9-15)8-14(11)7-12-5-3-2-4-6-12/h2-6,11,13,15H,7-10H2,1H3/t11-,13+/m1/s1. The third-order valence-electron chi connectivity index (χ3n) is 3.07. The second-order valence-corrected chi connectivity index (χ2v) is 4.40. The maximum atomic E-state index is 9.11. The molecule has 0 amide bonds. The van der Waals surface area contributed by atoms with Crippen LogP contribution in [0.4, 0.5) is 0 Å². The lowest BCUT2D eigenvalue weighted by Gasteiger charge is -2.37. The highest BCUT2D eigenvalue weighted by Gasteiger charge is 2.25. The summed E-state index contributed by atoms with van der Waals surface area (Å²) in [4.78, 5) is 2.36. The van der Waals surface area contributed by atoms with Gasteiger partial charge in [-0.05, 0) is 12.5 Å². The first-order valence-corrected chi connectivity index (χ1v) is 5.80. The average Bonchev–Trinajstić information content (AvgIpc) is 2.33. The summed E-state index contributed by atoms with van der Waals surface area (Å²) in [6.45, 7) is 4.72. The van der Waals surface area contributed by atoms with Crippen LogP contribution in [0, 0.1) is 0 Å². The van der Waals surface area contributed by atoms with Gasteiger partial charge in [-0.2, -0.15) is 0 Å². The Morgan fingerprint density at radius 2 is 2.12 bits per heavy atom. The molecule has 0 bridgehead atoms. The second-order valence-electron chi connectivity index (χ2n) is 4.40. The van der Waals surface area contributed by atoms with Crippen LogP contribution >= 0.6 is 0 Å². The van der Waals surface area contributed by atoms with E-state index in [9.17, 15) is 0 Å². The van der Waals surface area contributed by atoms with Gasteiger partial charge >= 0.3 is 0 Å². The molecule has 0 aromatic heterocycles. The van der Waals surface area contributed by atoms with Gasteiger partial charge in [0.15, 0.2) is 0 Å². The first-order valence-electron chi connectivity index (χ1n) is 5.80. The van der Waals surface area contributed by atoms with Crippen molar-refractivity contribution in [3.8, 4) is 0 Å². The summed E-state index contributed by atoms with van der Waals surface area (Å²) in [7, 11) is 0. The van der Waals surface area contributed by atoms with E-state index in [4.69, 9.17) is 9.84 Å². The average molecular weight is 221 g/mol. The summed E-state index contributed by atoms with van der Waals surface area (Å²) in [6, 6.07) is 10.8. The van der Waals surface area contributed by atoms with Gasteiger partial charge in [0.05, 0.1) is 19.3 Å². The molecule has 1 aromatic rings. The smallest absolute Gasteiger partial charge is 0.0933 e. The van der Waals surface area contributed by atoms with Crippen LogP contribution in [-0.2, 0) is 11.3 Å². The topological polar surface area (TPSA) is 32.7 Å². The van der Waals surface area contributed by atoms with Crippen LogP contribution < -0.4 is 0 Å². The summed E-state index contributed by atoms with van der Waals surface area (Å²) in [5, 5.41) is 9.11. The number of nitrogens with zero attached hydrogens (tertiary/aromatic N) is 1. The molecule has 1 saturated heterocycles. The normalized spacial score (nSPS) is 26.9. The summed E-state index contributed by atoms with van der Waals surface area (Å²) >= 11 is 0. The minimum atomic E-state index is -0.0279. The van der Waals surface area contributed by atoms with Gasteiger partial charge in [0.1, 0.15) is 0 Å². The van der Waals surface area contributed by atoms with Gasteiger partial charge < -0.3 is 9.84 Å². The molecular formula is C13H19NO2. The molecule has 2 atom stereocenters. The monoisotopic (exact) mass is 221 g/mol. The van der Waals surface area contributed by atoms with Gasteiger partial charge in [-0.25, -0.2) is 0 Å². The minimum Gasteiger partial charge on any atom is -0.394 e. The van der Waals surface area contributed by atoms with Crippen molar-refractivity contribution in [2.75, 3.05) is 19.8 Å². The van der Waals surface area contributed by atoms with Crippen molar-refractivity contribution in [1.82, 2.24) is 4.90 Å². The lowest BCUT2D eigenvalue weighted by molar-refractivity contribution is -0.0805. The summed E-state index contributed by atoms with van der Waals surface area (Å²) < 4.78 is 5.52. The Labute approximate surface area is 96.6 Å². The molecule has 1 fully saturated rings. The number of aliphatic hydroxyl groups excluding tert-OH is 1. The Hall–Kier alpha value is -0.900. The van der Waals surface area contributed by atoms with Crippen molar-refractivity contribution in [1.29, 1.82) is 0 Å². The van der Waals surface area contributed by atoms with Crippen molar-refractivity contribution in [3.05, 3.63) is 35.9 Å². The lowest BCUT2D eigenvalue weighted by Crippen LogP contribution is -2.48. The van der Waals surface area contributed by atoms with E-state index in [1.165, 1.54) is 5.56 Å². The van der Waals surface area contributed by atoms with Crippen LogP contribution in [0.5, 0.6) is 0 Å². The molecule has 1 aliphatic heterocycles. The molecule has 0 saturated carbocycles. The third-order valence-corrected chi connectivity index (χ3v) is 3.07. The molecule has 1 aromatic carbocycles. The Morgan fingerprint density at radius 3 is 2.81 bits per heavy atom. The number of hydrogen-bond donors (Lipinski definition) is 1. The van der Waals surface area contributed by atoms with Crippen LogP contribution in [0.15, 0.2) is 30.3 Å². The number of benzene rings is 1. The predicted molar refractivity (Wildman–Crippen MR) is 63.1 cm³/mol. The van der Waals surface area contributed by atoms with E-state index >= 15 is 0 Å². The van der Waals surface area contributed by atoms with Gasteiger partial charge in [0, 0.05) is 19.1 Å². The van der Waals surface area contributed by atoms with E-state index in [1.807, 2.05) is 6.07 Å². The maximum Gasteiger partial charge on any atom is 0.0933 e. The maximum absolute atomic E-state index is 9.11. The molecule has 0 unspecified atom stereocenters. The van der Waals surface area contributed by atoms with Crippen molar-refractivity contribution in [3.63, 3.8) is 0 Å². The zero-order chi connectivity index (χ0) is 11.4. The second kappa shape index (κ2) is 5.43. The van der Waals surface area contributed by atoms with Crippen LogP contribution in [0.2, 0.25) is 0 Å². The van der Waals surface area contributed by atoms with E-state index in [0.717, 1.165) is 13.1 Å². The van der Waals surface area contributed by atoms with Gasteiger partial charge in [-0.3, -0.25) is 4.90 Å². The first-order chi connectivity index (χ1) is 7.79. The van der Waals surface area contributed by atoms with E-state index in [-0.39, 0.29) is 12.7 Å². The molecule has 16 heavy (non-hydrogen) atoms. The molecule has 0 spiro atoms. The highest BCUT2D eigenvalue weighted by molar-refractivity contribution is 5.14. The van der Waals surface area contributed by atoms with E-state index in [1.54, 1.807) is 0 Å². The predicted octanol–water partition coefficient (Wildman–Crippen LogP) is 1.27. The molecule has 1 heterocycles. The fourth-order valence-electron chi connectivity index (χ4n) is 2.02. The zero-order valence-electron chi connectivity index (χ0n) is 9.67. The number of ether oxygens (including phenoxy) is 1. The summed E-state index contributed by atoms with van der Waals surface area (Å²) in [5.74, 6) is 0. The van der Waals surface area contributed by atoms with Gasteiger partial charge in [-0.15, -0.1) is 0 Å². The minimum absolute atomic E-state index is 0.0279. The van der Waals surface area contributed by atoms with E-state index < -0.39 is 0 Å². The zero-order valence-corrected chi connectivity index (χ0v) is 9.67. The molecule has 1 aliphatic rings. The lowest BCUT2D eigenvalue weighted by atomic mass is 10.1. The molecule has 0 radical (unpaired) electrons. The Balaban J connectivity index is 1.97. The highest BCUT2D eigenvalue weighted by atomic mass is 16.5. The number of rotatable bonds is 3. The Bertz CT molecular complexity index is 315. The Morgan fingerprint density at radius 1 is 1.38 bits per heavy atom. The first kappa shape index (κ1) is 11.6. The van der Waals surface area contributed by atoms with E-state index in [0.29, 0.717) is 12.6 Å². The summed E-state index contributed by atoms with van der Waals surface area (Å²) in [6.07, 6.45) is -0.0279. The van der Waals surface area contributed by atoms with Crippen LogP contribution in [0.3, 0.4) is 0 Å². The van der Waals surface area contributed by atoms with Gasteiger partial charge in [0.2, 0.25) is 0 Å². The Kier molecular flexibility index (Phi) is 3.93.